The lowest BCUT2D eigenvalue weighted by molar-refractivity contribution is -0.151. The Labute approximate surface area is 130 Å². The second-order valence-corrected chi connectivity index (χ2v) is 6.77. The number of thioether (sulfide) groups is 1. The predicted molar refractivity (Wildman–Crippen MR) is 85.0 cm³/mol. The summed E-state index contributed by atoms with van der Waals surface area (Å²) in [4.78, 5) is 12.3. The second-order valence-electron chi connectivity index (χ2n) is 5.78. The molecule has 0 spiro atoms. The SMILES string of the molecule is CCCNCc1cccc(F)c1SCC(=O)OC(C)(C)C. The third kappa shape index (κ3) is 6.96. The Morgan fingerprint density at radius 1 is 1.38 bits per heavy atom. The monoisotopic (exact) mass is 313 g/mol. The van der Waals surface area contributed by atoms with E-state index in [4.69, 9.17) is 4.74 Å². The van der Waals surface area contributed by atoms with Gasteiger partial charge in [-0.3, -0.25) is 4.79 Å². The Hall–Kier alpha value is -1.07. The van der Waals surface area contributed by atoms with Crippen molar-refractivity contribution in [2.75, 3.05) is 12.3 Å². The highest BCUT2D eigenvalue weighted by Gasteiger charge is 2.18. The molecule has 118 valence electrons. The quantitative estimate of drug-likeness (QED) is 0.472. The van der Waals surface area contributed by atoms with Crippen molar-refractivity contribution in [1.29, 1.82) is 0 Å². The summed E-state index contributed by atoms with van der Waals surface area (Å²) in [5, 5.41) is 3.25. The summed E-state index contributed by atoms with van der Waals surface area (Å²) >= 11 is 1.19. The summed E-state index contributed by atoms with van der Waals surface area (Å²) in [5.74, 6) is -0.513. The van der Waals surface area contributed by atoms with Crippen molar-refractivity contribution < 1.29 is 13.9 Å². The number of halogens is 1. The smallest absolute Gasteiger partial charge is 0.316 e. The number of ether oxygens (including phenoxy) is 1. The van der Waals surface area contributed by atoms with Crippen LogP contribution in [0.25, 0.3) is 0 Å². The van der Waals surface area contributed by atoms with Crippen LogP contribution in [-0.4, -0.2) is 23.9 Å². The normalized spacial score (nSPS) is 11.5. The molecule has 1 aromatic carbocycles. The van der Waals surface area contributed by atoms with E-state index in [2.05, 4.69) is 12.2 Å². The molecule has 1 rings (SSSR count). The molecule has 0 aliphatic rings. The molecule has 0 amide bonds. The van der Waals surface area contributed by atoms with E-state index in [9.17, 15) is 9.18 Å². The first-order chi connectivity index (χ1) is 9.83. The third-order valence-corrected chi connectivity index (χ3v) is 3.67. The largest absolute Gasteiger partial charge is 0.459 e. The zero-order valence-corrected chi connectivity index (χ0v) is 14.0. The van der Waals surface area contributed by atoms with Gasteiger partial charge in [0.25, 0.3) is 0 Å². The highest BCUT2D eigenvalue weighted by molar-refractivity contribution is 8.00. The molecule has 0 aliphatic heterocycles. The average Bonchev–Trinajstić information content (AvgIpc) is 2.36. The molecule has 21 heavy (non-hydrogen) atoms. The minimum absolute atomic E-state index is 0.110. The van der Waals surface area contributed by atoms with E-state index in [1.54, 1.807) is 6.07 Å². The summed E-state index contributed by atoms with van der Waals surface area (Å²) < 4.78 is 19.2. The van der Waals surface area contributed by atoms with Gasteiger partial charge in [-0.25, -0.2) is 4.39 Å². The maximum Gasteiger partial charge on any atom is 0.316 e. The van der Waals surface area contributed by atoms with Crippen molar-refractivity contribution in [2.45, 2.75) is 51.2 Å². The van der Waals surface area contributed by atoms with Gasteiger partial charge in [0.05, 0.1) is 5.75 Å². The van der Waals surface area contributed by atoms with Gasteiger partial charge in [0.2, 0.25) is 0 Å². The van der Waals surface area contributed by atoms with Gasteiger partial charge in [0, 0.05) is 11.4 Å². The van der Waals surface area contributed by atoms with Gasteiger partial charge in [0.1, 0.15) is 11.4 Å². The lowest BCUT2D eigenvalue weighted by Gasteiger charge is -2.19. The number of nitrogens with one attached hydrogen (secondary N) is 1. The minimum Gasteiger partial charge on any atom is -0.459 e. The molecule has 0 unspecified atom stereocenters. The van der Waals surface area contributed by atoms with Gasteiger partial charge in [-0.1, -0.05) is 19.1 Å². The van der Waals surface area contributed by atoms with Crippen LogP contribution in [0.2, 0.25) is 0 Å². The maximum absolute atomic E-state index is 13.9. The number of carbonyl (C=O) groups excluding carboxylic acids is 1. The van der Waals surface area contributed by atoms with E-state index < -0.39 is 5.60 Å². The van der Waals surface area contributed by atoms with Crippen molar-refractivity contribution in [3.05, 3.63) is 29.6 Å². The zero-order chi connectivity index (χ0) is 15.9. The van der Waals surface area contributed by atoms with Gasteiger partial charge >= 0.3 is 5.97 Å². The fraction of sp³-hybridized carbons (Fsp3) is 0.562. The highest BCUT2D eigenvalue weighted by Crippen LogP contribution is 2.26. The van der Waals surface area contributed by atoms with Gasteiger partial charge in [-0.2, -0.15) is 0 Å². The number of hydrogen-bond acceptors (Lipinski definition) is 4. The van der Waals surface area contributed by atoms with Crippen molar-refractivity contribution >= 4 is 17.7 Å². The van der Waals surface area contributed by atoms with E-state index >= 15 is 0 Å². The molecule has 0 saturated heterocycles. The van der Waals surface area contributed by atoms with Crippen molar-refractivity contribution in [2.24, 2.45) is 0 Å². The number of carbonyl (C=O) groups is 1. The van der Waals surface area contributed by atoms with E-state index in [1.807, 2.05) is 26.8 Å². The van der Waals surface area contributed by atoms with Crippen LogP contribution in [0.1, 0.15) is 39.7 Å². The molecule has 3 nitrogen and oxygen atoms in total. The van der Waals surface area contributed by atoms with Crippen LogP contribution in [0.4, 0.5) is 4.39 Å². The fourth-order valence-corrected chi connectivity index (χ4v) is 2.61. The molecule has 0 aliphatic carbocycles. The van der Waals surface area contributed by atoms with E-state index in [0.29, 0.717) is 11.4 Å². The second kappa shape index (κ2) is 8.39. The van der Waals surface area contributed by atoms with Gasteiger partial charge in [-0.05, 0) is 45.4 Å². The summed E-state index contributed by atoms with van der Waals surface area (Å²) in [5.41, 5.74) is 0.357. The van der Waals surface area contributed by atoms with E-state index in [0.717, 1.165) is 18.5 Å². The molecular formula is C16H24FNO2S. The Morgan fingerprint density at radius 2 is 2.10 bits per heavy atom. The molecule has 0 atom stereocenters. The molecule has 5 heteroatoms. The number of rotatable bonds is 7. The summed E-state index contributed by atoms with van der Waals surface area (Å²) in [6.07, 6.45) is 1.02. The van der Waals surface area contributed by atoms with Crippen LogP contribution in [0.15, 0.2) is 23.1 Å². The summed E-state index contributed by atoms with van der Waals surface area (Å²) in [7, 11) is 0. The number of hydrogen-bond donors (Lipinski definition) is 1. The number of esters is 1. The van der Waals surface area contributed by atoms with Gasteiger partial charge in [0.15, 0.2) is 0 Å². The Bertz CT molecular complexity index is 472. The standard InChI is InChI=1S/C16H24FNO2S/c1-5-9-18-10-12-7-6-8-13(17)15(12)21-11-14(19)20-16(2,3)4/h6-8,18H,5,9-11H2,1-4H3. The fourth-order valence-electron chi connectivity index (χ4n) is 1.76. The highest BCUT2D eigenvalue weighted by atomic mass is 32.2. The molecule has 0 saturated carbocycles. The molecular weight excluding hydrogens is 289 g/mol. The molecule has 0 heterocycles. The van der Waals surface area contributed by atoms with Crippen molar-refractivity contribution in [3.8, 4) is 0 Å². The van der Waals surface area contributed by atoms with Crippen LogP contribution in [0.3, 0.4) is 0 Å². The van der Waals surface area contributed by atoms with E-state index in [-0.39, 0.29) is 17.5 Å². The Morgan fingerprint density at radius 3 is 2.71 bits per heavy atom. The Balaban J connectivity index is 2.66. The Kier molecular flexibility index (Phi) is 7.18. The van der Waals surface area contributed by atoms with Crippen molar-refractivity contribution in [1.82, 2.24) is 5.32 Å². The molecule has 0 fully saturated rings. The first-order valence-electron chi connectivity index (χ1n) is 7.16. The molecule has 0 bridgehead atoms. The van der Waals surface area contributed by atoms with Crippen LogP contribution in [0.5, 0.6) is 0 Å². The zero-order valence-electron chi connectivity index (χ0n) is 13.2. The van der Waals surface area contributed by atoms with E-state index in [1.165, 1.54) is 17.8 Å². The van der Waals surface area contributed by atoms with Crippen LogP contribution in [0, 0.1) is 5.82 Å². The molecule has 0 radical (unpaired) electrons. The van der Waals surface area contributed by atoms with Gasteiger partial charge in [-0.15, -0.1) is 11.8 Å². The summed E-state index contributed by atoms with van der Waals surface area (Å²) in [6, 6.07) is 4.99. The first-order valence-corrected chi connectivity index (χ1v) is 8.15. The van der Waals surface area contributed by atoms with Crippen molar-refractivity contribution in [3.63, 3.8) is 0 Å². The first kappa shape index (κ1) is 18.0. The van der Waals surface area contributed by atoms with Crippen LogP contribution >= 0.6 is 11.8 Å². The predicted octanol–water partition coefficient (Wildman–Crippen LogP) is 3.76. The average molecular weight is 313 g/mol. The number of benzene rings is 1. The third-order valence-electron chi connectivity index (χ3n) is 2.55. The summed E-state index contributed by atoms with van der Waals surface area (Å²) in [6.45, 7) is 9.02. The lowest BCUT2D eigenvalue weighted by atomic mass is 10.2. The molecule has 1 N–H and O–H groups in total. The lowest BCUT2D eigenvalue weighted by Crippen LogP contribution is -2.25. The van der Waals surface area contributed by atoms with Crippen LogP contribution < -0.4 is 5.32 Å². The minimum atomic E-state index is -0.515. The van der Waals surface area contributed by atoms with Crippen LogP contribution in [-0.2, 0) is 16.1 Å². The topological polar surface area (TPSA) is 38.3 Å². The van der Waals surface area contributed by atoms with Gasteiger partial charge < -0.3 is 10.1 Å². The maximum atomic E-state index is 13.9. The molecule has 0 aromatic heterocycles. The molecule has 1 aromatic rings.